The van der Waals surface area contributed by atoms with Crippen LogP contribution in [0.3, 0.4) is 0 Å². The molecule has 0 spiro atoms. The number of amides is 1. The van der Waals surface area contributed by atoms with Crippen LogP contribution in [0.15, 0.2) is 0 Å². The number of rotatable bonds is 6. The number of carbonyl (C=O) groups is 2. The Morgan fingerprint density at radius 2 is 2.05 bits per heavy atom. The second kappa shape index (κ2) is 8.63. The van der Waals surface area contributed by atoms with Crippen LogP contribution in [-0.2, 0) is 14.3 Å². The zero-order valence-corrected chi connectivity index (χ0v) is 14.0. The molecule has 7 heteroatoms. The van der Waals surface area contributed by atoms with Crippen LogP contribution in [0, 0.1) is 5.92 Å². The summed E-state index contributed by atoms with van der Waals surface area (Å²) in [5.41, 5.74) is 0. The summed E-state index contributed by atoms with van der Waals surface area (Å²) in [5.74, 6) is -1.38. The number of ether oxygens (including phenoxy) is 2. The van der Waals surface area contributed by atoms with Gasteiger partial charge in [-0.3, -0.25) is 0 Å². The Kier molecular flexibility index (Phi) is 7.53. The van der Waals surface area contributed by atoms with Crippen LogP contribution in [0.5, 0.6) is 0 Å². The van der Waals surface area contributed by atoms with Crippen molar-refractivity contribution >= 4 is 34.7 Å². The van der Waals surface area contributed by atoms with E-state index in [9.17, 15) is 14.0 Å². The quantitative estimate of drug-likeness (QED) is 0.297. The standard InChI is InChI=1S/C13H21FINO4/c1-3-5-6-20-13(18)16-7-9(10(15)8-16)11(14)12(17)19-4-2/h9-11H,3-8H2,1-2H3. The minimum atomic E-state index is -1.69. The van der Waals surface area contributed by atoms with E-state index in [1.807, 2.05) is 6.92 Å². The van der Waals surface area contributed by atoms with E-state index in [0.29, 0.717) is 13.2 Å². The smallest absolute Gasteiger partial charge is 0.409 e. The van der Waals surface area contributed by atoms with Crippen LogP contribution in [-0.4, -0.2) is 53.4 Å². The fourth-order valence-corrected chi connectivity index (χ4v) is 3.07. The summed E-state index contributed by atoms with van der Waals surface area (Å²) < 4.78 is 23.7. The van der Waals surface area contributed by atoms with E-state index >= 15 is 0 Å². The number of unbranched alkanes of at least 4 members (excludes halogenated alkanes) is 1. The Hall–Kier alpha value is -0.600. The molecule has 116 valence electrons. The van der Waals surface area contributed by atoms with E-state index in [1.165, 1.54) is 4.90 Å². The van der Waals surface area contributed by atoms with Crippen molar-refractivity contribution in [2.75, 3.05) is 26.3 Å². The van der Waals surface area contributed by atoms with Gasteiger partial charge in [0.05, 0.1) is 13.2 Å². The molecule has 0 aromatic heterocycles. The van der Waals surface area contributed by atoms with Crippen molar-refractivity contribution in [1.29, 1.82) is 0 Å². The van der Waals surface area contributed by atoms with Gasteiger partial charge in [-0.15, -0.1) is 0 Å². The fourth-order valence-electron chi connectivity index (χ4n) is 2.01. The molecule has 20 heavy (non-hydrogen) atoms. The van der Waals surface area contributed by atoms with Gasteiger partial charge in [0.2, 0.25) is 6.17 Å². The molecule has 0 aliphatic carbocycles. The number of nitrogens with zero attached hydrogens (tertiary/aromatic N) is 1. The van der Waals surface area contributed by atoms with Gasteiger partial charge in [0.1, 0.15) is 0 Å². The van der Waals surface area contributed by atoms with Crippen LogP contribution < -0.4 is 0 Å². The monoisotopic (exact) mass is 401 g/mol. The van der Waals surface area contributed by atoms with Gasteiger partial charge in [0, 0.05) is 22.9 Å². The average Bonchev–Trinajstić information content (AvgIpc) is 2.80. The lowest BCUT2D eigenvalue weighted by Crippen LogP contribution is -2.34. The first-order chi connectivity index (χ1) is 9.51. The van der Waals surface area contributed by atoms with Gasteiger partial charge < -0.3 is 14.4 Å². The lowest BCUT2D eigenvalue weighted by Gasteiger charge is -2.17. The van der Waals surface area contributed by atoms with Crippen molar-refractivity contribution in [1.82, 2.24) is 4.90 Å². The summed E-state index contributed by atoms with van der Waals surface area (Å²) in [6, 6.07) is 0. The molecule has 0 bridgehead atoms. The molecule has 1 amide bonds. The van der Waals surface area contributed by atoms with Crippen molar-refractivity contribution in [3.8, 4) is 0 Å². The van der Waals surface area contributed by atoms with Gasteiger partial charge in [-0.2, -0.15) is 0 Å². The Labute approximate surface area is 132 Å². The molecular weight excluding hydrogens is 380 g/mol. The molecule has 1 saturated heterocycles. The minimum absolute atomic E-state index is 0.120. The largest absolute Gasteiger partial charge is 0.464 e. The second-order valence-corrected chi connectivity index (χ2v) is 6.31. The SMILES string of the molecule is CCCCOC(=O)N1CC(I)C(C(F)C(=O)OCC)C1. The lowest BCUT2D eigenvalue weighted by atomic mass is 10.0. The molecule has 0 saturated carbocycles. The Balaban J connectivity index is 2.49. The van der Waals surface area contributed by atoms with Crippen molar-refractivity contribution < 1.29 is 23.5 Å². The molecule has 1 heterocycles. The van der Waals surface area contributed by atoms with Crippen molar-refractivity contribution in [2.24, 2.45) is 5.92 Å². The molecule has 1 aliphatic heterocycles. The third-order valence-electron chi connectivity index (χ3n) is 3.16. The maximum Gasteiger partial charge on any atom is 0.409 e. The van der Waals surface area contributed by atoms with Gasteiger partial charge in [0.15, 0.2) is 0 Å². The highest BCUT2D eigenvalue weighted by molar-refractivity contribution is 14.1. The molecule has 3 atom stereocenters. The Morgan fingerprint density at radius 3 is 2.65 bits per heavy atom. The predicted octanol–water partition coefficient (Wildman–Crippen LogP) is 2.56. The Morgan fingerprint density at radius 1 is 1.35 bits per heavy atom. The molecule has 5 nitrogen and oxygen atoms in total. The predicted molar refractivity (Wildman–Crippen MR) is 80.7 cm³/mol. The van der Waals surface area contributed by atoms with E-state index in [1.54, 1.807) is 6.92 Å². The van der Waals surface area contributed by atoms with E-state index in [2.05, 4.69) is 27.3 Å². The molecule has 0 N–H and O–H groups in total. The number of alkyl halides is 2. The van der Waals surface area contributed by atoms with Gasteiger partial charge >= 0.3 is 12.1 Å². The van der Waals surface area contributed by atoms with Crippen molar-refractivity contribution in [2.45, 2.75) is 36.8 Å². The summed E-state index contributed by atoms with van der Waals surface area (Å²) in [6.45, 7) is 4.76. The van der Waals surface area contributed by atoms with Gasteiger partial charge in [-0.1, -0.05) is 35.9 Å². The highest BCUT2D eigenvalue weighted by Gasteiger charge is 2.42. The van der Waals surface area contributed by atoms with E-state index < -0.39 is 24.2 Å². The number of halogens is 2. The van der Waals surface area contributed by atoms with Crippen molar-refractivity contribution in [3.05, 3.63) is 0 Å². The first kappa shape index (κ1) is 17.5. The summed E-state index contributed by atoms with van der Waals surface area (Å²) in [5, 5.41) is 0. The van der Waals surface area contributed by atoms with Crippen LogP contribution in [0.4, 0.5) is 9.18 Å². The summed E-state index contributed by atoms with van der Waals surface area (Å²) in [6.07, 6.45) is -0.366. The first-order valence-electron chi connectivity index (χ1n) is 6.87. The highest BCUT2D eigenvalue weighted by Crippen LogP contribution is 2.29. The topological polar surface area (TPSA) is 55.8 Å². The number of hydrogen-bond donors (Lipinski definition) is 0. The summed E-state index contributed by atoms with van der Waals surface area (Å²) in [4.78, 5) is 24.7. The zero-order valence-electron chi connectivity index (χ0n) is 11.8. The van der Waals surface area contributed by atoms with Crippen LogP contribution >= 0.6 is 22.6 Å². The van der Waals surface area contributed by atoms with E-state index in [4.69, 9.17) is 4.74 Å². The zero-order chi connectivity index (χ0) is 15.1. The second-order valence-electron chi connectivity index (χ2n) is 4.71. The third kappa shape index (κ3) is 4.75. The number of likely N-dealkylation sites (tertiary alicyclic amines) is 1. The number of carbonyl (C=O) groups excluding carboxylic acids is 2. The number of esters is 1. The third-order valence-corrected chi connectivity index (χ3v) is 4.48. The molecule has 0 radical (unpaired) electrons. The maximum atomic E-state index is 14.0. The van der Waals surface area contributed by atoms with Gasteiger partial charge in [0.25, 0.3) is 0 Å². The van der Waals surface area contributed by atoms with E-state index in [0.717, 1.165) is 12.8 Å². The molecule has 1 fully saturated rings. The first-order valence-corrected chi connectivity index (χ1v) is 8.12. The van der Waals surface area contributed by atoms with Gasteiger partial charge in [-0.05, 0) is 13.3 Å². The number of hydrogen-bond acceptors (Lipinski definition) is 4. The molecule has 0 aromatic carbocycles. The van der Waals surface area contributed by atoms with Crippen LogP contribution in [0.1, 0.15) is 26.7 Å². The van der Waals surface area contributed by atoms with Crippen LogP contribution in [0.25, 0.3) is 0 Å². The maximum absolute atomic E-state index is 14.0. The summed E-state index contributed by atoms with van der Waals surface area (Å²) in [7, 11) is 0. The molecule has 1 rings (SSSR count). The molecule has 0 aromatic rings. The molecular formula is C13H21FINO4. The minimum Gasteiger partial charge on any atom is -0.464 e. The van der Waals surface area contributed by atoms with Crippen LogP contribution in [0.2, 0.25) is 0 Å². The Bertz CT molecular complexity index is 342. The molecule has 1 aliphatic rings. The van der Waals surface area contributed by atoms with E-state index in [-0.39, 0.29) is 17.1 Å². The van der Waals surface area contributed by atoms with Gasteiger partial charge in [-0.25, -0.2) is 14.0 Å². The normalized spacial score (nSPS) is 23.5. The fraction of sp³-hybridized carbons (Fsp3) is 0.846. The lowest BCUT2D eigenvalue weighted by molar-refractivity contribution is -0.150. The highest BCUT2D eigenvalue weighted by atomic mass is 127. The van der Waals surface area contributed by atoms with Crippen molar-refractivity contribution in [3.63, 3.8) is 0 Å². The molecule has 3 unspecified atom stereocenters. The average molecular weight is 401 g/mol. The summed E-state index contributed by atoms with van der Waals surface area (Å²) >= 11 is 2.07.